The lowest BCUT2D eigenvalue weighted by Crippen LogP contribution is -2.09. The van der Waals surface area contributed by atoms with E-state index in [2.05, 4.69) is 20.8 Å². The molecule has 0 amide bonds. The minimum absolute atomic E-state index is 0.0668. The summed E-state index contributed by atoms with van der Waals surface area (Å²) in [6, 6.07) is 4.80. The van der Waals surface area contributed by atoms with Crippen molar-refractivity contribution in [1.29, 1.82) is 0 Å². The summed E-state index contributed by atoms with van der Waals surface area (Å²) in [6.07, 6.45) is 7.44. The first-order valence-electron chi connectivity index (χ1n) is 8.33. The van der Waals surface area contributed by atoms with E-state index in [4.69, 9.17) is 4.74 Å². The zero-order valence-electron chi connectivity index (χ0n) is 14.9. The summed E-state index contributed by atoms with van der Waals surface area (Å²) in [5.74, 6) is 0.331. The number of ether oxygens (including phenoxy) is 1. The van der Waals surface area contributed by atoms with E-state index in [0.29, 0.717) is 23.0 Å². The van der Waals surface area contributed by atoms with Crippen molar-refractivity contribution in [3.63, 3.8) is 0 Å². The van der Waals surface area contributed by atoms with E-state index in [-0.39, 0.29) is 17.8 Å². The van der Waals surface area contributed by atoms with Crippen LogP contribution in [0.4, 0.5) is 0 Å². The van der Waals surface area contributed by atoms with Gasteiger partial charge in [-0.15, -0.1) is 0 Å². The molecule has 0 fully saturated rings. The zero-order valence-corrected chi connectivity index (χ0v) is 14.9. The molecule has 1 aromatic rings. The Morgan fingerprint density at radius 1 is 1.17 bits per heavy atom. The molecule has 24 heavy (non-hydrogen) atoms. The van der Waals surface area contributed by atoms with Crippen LogP contribution >= 0.6 is 0 Å². The highest BCUT2D eigenvalue weighted by atomic mass is 16.5. The number of ketones is 1. The molecule has 0 N–H and O–H groups in total. The van der Waals surface area contributed by atoms with Crippen molar-refractivity contribution in [2.24, 2.45) is 11.8 Å². The molecule has 0 spiro atoms. The van der Waals surface area contributed by atoms with E-state index in [1.165, 1.54) is 13.3 Å². The summed E-state index contributed by atoms with van der Waals surface area (Å²) in [7, 11) is 0. The molecule has 1 aromatic carbocycles. The number of hydrogen-bond acceptors (Lipinski definition) is 4. The molecule has 4 nitrogen and oxygen atoms in total. The number of allylic oxidation sites excluding steroid dienone is 1. The number of hydrogen-bond donors (Lipinski definition) is 0. The van der Waals surface area contributed by atoms with Gasteiger partial charge in [-0.2, -0.15) is 0 Å². The predicted molar refractivity (Wildman–Crippen MR) is 95.0 cm³/mol. The molecule has 0 saturated heterocycles. The average molecular weight is 330 g/mol. The third-order valence-corrected chi connectivity index (χ3v) is 3.77. The number of esters is 1. The zero-order chi connectivity index (χ0) is 18.1. The summed E-state index contributed by atoms with van der Waals surface area (Å²) in [4.78, 5) is 33.2. The first kappa shape index (κ1) is 19.8. The third kappa shape index (κ3) is 6.90. The van der Waals surface area contributed by atoms with E-state index >= 15 is 0 Å². The fourth-order valence-corrected chi connectivity index (χ4v) is 2.34. The number of aldehydes is 1. The molecule has 130 valence electrons. The van der Waals surface area contributed by atoms with Crippen molar-refractivity contribution in [2.45, 2.75) is 47.0 Å². The molecule has 4 heteroatoms. The molecule has 0 radical (unpaired) electrons. The van der Waals surface area contributed by atoms with Crippen LogP contribution < -0.4 is 4.74 Å². The Hall–Kier alpha value is -2.23. The number of rotatable bonds is 9. The van der Waals surface area contributed by atoms with Crippen molar-refractivity contribution >= 4 is 24.1 Å². The summed E-state index contributed by atoms with van der Waals surface area (Å²) in [5.41, 5.74) is 1.15. The normalized spacial score (nSPS) is 12.4. The van der Waals surface area contributed by atoms with Gasteiger partial charge in [0, 0.05) is 11.1 Å². The van der Waals surface area contributed by atoms with Gasteiger partial charge in [0.15, 0.2) is 5.78 Å². The number of Topliss-reactive ketones (excluding diaryl/α,β-unsaturated/α-hetero) is 1. The molecule has 0 bridgehead atoms. The summed E-state index contributed by atoms with van der Waals surface area (Å²) in [5, 5.41) is 0. The quantitative estimate of drug-likeness (QED) is 0.220. The molecule has 0 aromatic heterocycles. The Kier molecular flexibility index (Phi) is 8.10. The second-order valence-electron chi connectivity index (χ2n) is 6.51. The number of benzene rings is 1. The SMILES string of the molecule is CC(=O)c1ccc(OC(=O)C=O)c(C=CC(C)CCCC(C)C)c1. The van der Waals surface area contributed by atoms with Crippen LogP contribution in [-0.2, 0) is 9.59 Å². The van der Waals surface area contributed by atoms with Gasteiger partial charge < -0.3 is 4.74 Å². The Morgan fingerprint density at radius 2 is 1.88 bits per heavy atom. The Bertz CT molecular complexity index is 614. The maximum atomic E-state index is 11.5. The van der Waals surface area contributed by atoms with E-state index in [0.717, 1.165) is 12.8 Å². The molecule has 0 aliphatic carbocycles. The average Bonchev–Trinajstić information content (AvgIpc) is 2.53. The van der Waals surface area contributed by atoms with Crippen LogP contribution in [0.2, 0.25) is 0 Å². The van der Waals surface area contributed by atoms with Gasteiger partial charge in [-0.25, -0.2) is 4.79 Å². The highest BCUT2D eigenvalue weighted by molar-refractivity contribution is 6.21. The molecular weight excluding hydrogens is 304 g/mol. The Morgan fingerprint density at radius 3 is 2.46 bits per heavy atom. The number of carbonyl (C=O) groups is 3. The lowest BCUT2D eigenvalue weighted by Gasteiger charge is -2.10. The van der Waals surface area contributed by atoms with E-state index < -0.39 is 5.97 Å². The van der Waals surface area contributed by atoms with Gasteiger partial charge in [0.2, 0.25) is 6.29 Å². The van der Waals surface area contributed by atoms with Crippen molar-refractivity contribution < 1.29 is 19.1 Å². The number of carbonyl (C=O) groups excluding carboxylic acids is 3. The molecule has 0 aliphatic heterocycles. The van der Waals surface area contributed by atoms with Crippen LogP contribution in [0.1, 0.15) is 62.9 Å². The largest absolute Gasteiger partial charge is 0.420 e. The van der Waals surface area contributed by atoms with Crippen LogP contribution in [0.25, 0.3) is 6.08 Å². The van der Waals surface area contributed by atoms with Crippen LogP contribution in [0.3, 0.4) is 0 Å². The molecule has 1 rings (SSSR count). The molecule has 0 aliphatic rings. The Balaban J connectivity index is 2.90. The predicted octanol–water partition coefficient (Wildman–Crippen LogP) is 4.47. The summed E-state index contributed by atoms with van der Waals surface area (Å²) in [6.45, 7) is 8.03. The minimum Gasteiger partial charge on any atom is -0.420 e. The van der Waals surface area contributed by atoms with Crippen LogP contribution in [-0.4, -0.2) is 18.0 Å². The first-order valence-corrected chi connectivity index (χ1v) is 8.33. The molecular formula is C20H26O4. The fraction of sp³-hybridized carbons (Fsp3) is 0.450. The fourth-order valence-electron chi connectivity index (χ4n) is 2.34. The van der Waals surface area contributed by atoms with Gasteiger partial charge in [0.05, 0.1) is 0 Å². The molecule has 0 heterocycles. The summed E-state index contributed by atoms with van der Waals surface area (Å²) >= 11 is 0. The topological polar surface area (TPSA) is 60.4 Å². The maximum absolute atomic E-state index is 11.5. The van der Waals surface area contributed by atoms with Crippen molar-refractivity contribution in [3.8, 4) is 5.75 Å². The van der Waals surface area contributed by atoms with E-state index in [9.17, 15) is 14.4 Å². The van der Waals surface area contributed by atoms with Crippen LogP contribution in [0.5, 0.6) is 5.75 Å². The summed E-state index contributed by atoms with van der Waals surface area (Å²) < 4.78 is 5.00. The highest BCUT2D eigenvalue weighted by Gasteiger charge is 2.10. The van der Waals surface area contributed by atoms with Gasteiger partial charge in [0.25, 0.3) is 0 Å². The van der Waals surface area contributed by atoms with Crippen LogP contribution in [0, 0.1) is 11.8 Å². The van der Waals surface area contributed by atoms with Gasteiger partial charge in [0.1, 0.15) is 5.75 Å². The maximum Gasteiger partial charge on any atom is 0.376 e. The van der Waals surface area contributed by atoms with Gasteiger partial charge in [-0.3, -0.25) is 9.59 Å². The standard InChI is InChI=1S/C20H26O4/c1-14(2)6-5-7-15(3)8-9-18-12-17(16(4)22)10-11-19(18)24-20(23)13-21/h8-15H,5-7H2,1-4H3. The van der Waals surface area contributed by atoms with Gasteiger partial charge in [-0.05, 0) is 43.4 Å². The van der Waals surface area contributed by atoms with E-state index in [1.54, 1.807) is 18.2 Å². The highest BCUT2D eigenvalue weighted by Crippen LogP contribution is 2.24. The lowest BCUT2D eigenvalue weighted by molar-refractivity contribution is -0.141. The molecule has 0 saturated carbocycles. The van der Waals surface area contributed by atoms with Crippen molar-refractivity contribution in [1.82, 2.24) is 0 Å². The third-order valence-electron chi connectivity index (χ3n) is 3.77. The molecule has 1 atom stereocenters. The first-order chi connectivity index (χ1) is 11.3. The smallest absolute Gasteiger partial charge is 0.376 e. The van der Waals surface area contributed by atoms with Crippen molar-refractivity contribution in [3.05, 3.63) is 35.4 Å². The monoisotopic (exact) mass is 330 g/mol. The van der Waals surface area contributed by atoms with Crippen LogP contribution in [0.15, 0.2) is 24.3 Å². The van der Waals surface area contributed by atoms with Gasteiger partial charge in [-0.1, -0.05) is 45.8 Å². The van der Waals surface area contributed by atoms with E-state index in [1.807, 2.05) is 12.2 Å². The van der Waals surface area contributed by atoms with Gasteiger partial charge >= 0.3 is 5.97 Å². The Labute approximate surface area is 143 Å². The molecule has 1 unspecified atom stereocenters. The lowest BCUT2D eigenvalue weighted by atomic mass is 9.98. The second kappa shape index (κ2) is 9.81. The second-order valence-corrected chi connectivity index (χ2v) is 6.51. The minimum atomic E-state index is -0.954. The van der Waals surface area contributed by atoms with Crippen molar-refractivity contribution in [2.75, 3.05) is 0 Å².